The summed E-state index contributed by atoms with van der Waals surface area (Å²) in [7, 11) is 4.21. The summed E-state index contributed by atoms with van der Waals surface area (Å²) in [4.78, 5) is 15.4. The average molecular weight is 305 g/mol. The summed E-state index contributed by atoms with van der Waals surface area (Å²) in [5.74, 6) is 0.402. The monoisotopic (exact) mass is 305 g/mol. The summed E-state index contributed by atoms with van der Waals surface area (Å²) in [6.07, 6.45) is 4.33. The average Bonchev–Trinajstić information content (AvgIpc) is 3.31. The lowest BCUT2D eigenvalue weighted by atomic mass is 10.0. The minimum absolute atomic E-state index is 0.0825. The van der Waals surface area contributed by atoms with Crippen LogP contribution in [0.3, 0.4) is 0 Å². The Labute approximate surface area is 130 Å². The van der Waals surface area contributed by atoms with Gasteiger partial charge in [-0.25, -0.2) is 0 Å². The number of benzene rings is 1. The molecule has 1 saturated carbocycles. The molecule has 1 aliphatic carbocycles. The Morgan fingerprint density at radius 2 is 1.91 bits per heavy atom. The maximum atomic E-state index is 11.3. The SMILES string of the molecule is CN(C)C1CCN(c2ccc(OC3CC3)c([N+](=O)[O-])c2)CC1. The normalized spacial score (nSPS) is 19.5. The van der Waals surface area contributed by atoms with Crippen LogP contribution in [0.2, 0.25) is 0 Å². The number of ether oxygens (including phenoxy) is 1. The Hall–Kier alpha value is -1.82. The van der Waals surface area contributed by atoms with E-state index in [4.69, 9.17) is 4.74 Å². The van der Waals surface area contributed by atoms with E-state index in [1.54, 1.807) is 12.1 Å². The summed E-state index contributed by atoms with van der Waals surface area (Å²) in [5.41, 5.74) is 1.01. The minimum atomic E-state index is -0.339. The van der Waals surface area contributed by atoms with E-state index in [1.165, 1.54) is 0 Å². The third kappa shape index (κ3) is 3.32. The zero-order valence-electron chi connectivity index (χ0n) is 13.2. The molecule has 1 aromatic rings. The number of anilines is 1. The van der Waals surface area contributed by atoms with Gasteiger partial charge in [0, 0.05) is 30.9 Å². The van der Waals surface area contributed by atoms with E-state index in [0.717, 1.165) is 44.5 Å². The first kappa shape index (κ1) is 15.1. The largest absolute Gasteiger partial charge is 0.483 e. The predicted octanol–water partition coefficient (Wildman–Crippen LogP) is 2.67. The maximum Gasteiger partial charge on any atom is 0.312 e. The molecule has 6 nitrogen and oxygen atoms in total. The smallest absolute Gasteiger partial charge is 0.312 e. The molecule has 1 saturated heterocycles. The molecule has 22 heavy (non-hydrogen) atoms. The minimum Gasteiger partial charge on any atom is -0.483 e. The highest BCUT2D eigenvalue weighted by molar-refractivity contribution is 5.60. The van der Waals surface area contributed by atoms with Gasteiger partial charge in [0.05, 0.1) is 11.0 Å². The Balaban J connectivity index is 1.74. The first-order chi connectivity index (χ1) is 10.5. The van der Waals surface area contributed by atoms with Gasteiger partial charge in [0.25, 0.3) is 0 Å². The number of nitrogens with zero attached hydrogens (tertiary/aromatic N) is 3. The summed E-state index contributed by atoms with van der Waals surface area (Å²) in [6, 6.07) is 5.96. The molecule has 1 aromatic carbocycles. The lowest BCUT2D eigenvalue weighted by Gasteiger charge is -2.36. The summed E-state index contributed by atoms with van der Waals surface area (Å²) < 4.78 is 5.64. The van der Waals surface area contributed by atoms with Crippen molar-refractivity contribution < 1.29 is 9.66 Å². The van der Waals surface area contributed by atoms with E-state index in [0.29, 0.717) is 11.8 Å². The standard InChI is InChI=1S/C16H23N3O3/c1-17(2)12-7-9-18(10-8-12)13-3-6-16(22-14-4-5-14)15(11-13)19(20)21/h3,6,11-12,14H,4-5,7-10H2,1-2H3. The summed E-state index contributed by atoms with van der Waals surface area (Å²) >= 11 is 0. The highest BCUT2D eigenvalue weighted by Gasteiger charge is 2.28. The molecule has 6 heteroatoms. The second kappa shape index (κ2) is 6.12. The van der Waals surface area contributed by atoms with Crippen LogP contribution in [0.4, 0.5) is 11.4 Å². The lowest BCUT2D eigenvalue weighted by molar-refractivity contribution is -0.385. The van der Waals surface area contributed by atoms with Crippen molar-refractivity contribution >= 4 is 11.4 Å². The zero-order valence-corrected chi connectivity index (χ0v) is 13.2. The molecular weight excluding hydrogens is 282 g/mol. The van der Waals surface area contributed by atoms with Crippen molar-refractivity contribution in [2.24, 2.45) is 0 Å². The maximum absolute atomic E-state index is 11.3. The van der Waals surface area contributed by atoms with E-state index in [2.05, 4.69) is 23.9 Å². The number of nitro groups is 1. The van der Waals surface area contributed by atoms with Gasteiger partial charge in [0.2, 0.25) is 0 Å². The topological polar surface area (TPSA) is 58.8 Å². The van der Waals surface area contributed by atoms with Gasteiger partial charge in [-0.15, -0.1) is 0 Å². The highest BCUT2D eigenvalue weighted by Crippen LogP contribution is 2.36. The molecule has 1 heterocycles. The van der Waals surface area contributed by atoms with Crippen molar-refractivity contribution in [3.05, 3.63) is 28.3 Å². The zero-order chi connectivity index (χ0) is 15.7. The highest BCUT2D eigenvalue weighted by atomic mass is 16.6. The Kier molecular flexibility index (Phi) is 4.20. The van der Waals surface area contributed by atoms with Gasteiger partial charge >= 0.3 is 5.69 Å². The number of hydrogen-bond donors (Lipinski definition) is 0. The fourth-order valence-electron chi connectivity index (χ4n) is 2.95. The van der Waals surface area contributed by atoms with Crippen LogP contribution in [-0.4, -0.2) is 49.2 Å². The number of rotatable bonds is 5. The third-order valence-electron chi connectivity index (χ3n) is 4.52. The molecule has 0 N–H and O–H groups in total. The second-order valence-corrected chi connectivity index (χ2v) is 6.41. The van der Waals surface area contributed by atoms with E-state index in [1.807, 2.05) is 6.07 Å². The molecular formula is C16H23N3O3. The van der Waals surface area contributed by atoms with E-state index in [-0.39, 0.29) is 16.7 Å². The van der Waals surface area contributed by atoms with Gasteiger partial charge in [-0.05, 0) is 51.9 Å². The van der Waals surface area contributed by atoms with Crippen LogP contribution in [0.1, 0.15) is 25.7 Å². The molecule has 0 atom stereocenters. The van der Waals surface area contributed by atoms with E-state index < -0.39 is 0 Å². The first-order valence-corrected chi connectivity index (χ1v) is 7.91. The fourth-order valence-corrected chi connectivity index (χ4v) is 2.95. The molecule has 1 aliphatic heterocycles. The Morgan fingerprint density at radius 3 is 2.45 bits per heavy atom. The molecule has 0 aromatic heterocycles. The van der Waals surface area contributed by atoms with Crippen LogP contribution < -0.4 is 9.64 Å². The summed E-state index contributed by atoms with van der Waals surface area (Å²) in [6.45, 7) is 1.87. The van der Waals surface area contributed by atoms with Crippen molar-refractivity contribution in [1.29, 1.82) is 0 Å². The molecule has 3 rings (SSSR count). The number of nitro benzene ring substituents is 1. The van der Waals surface area contributed by atoms with Crippen LogP contribution in [0.15, 0.2) is 18.2 Å². The predicted molar refractivity (Wildman–Crippen MR) is 85.7 cm³/mol. The lowest BCUT2D eigenvalue weighted by Crippen LogP contribution is -2.41. The van der Waals surface area contributed by atoms with Gasteiger partial charge in [0.1, 0.15) is 0 Å². The van der Waals surface area contributed by atoms with Crippen molar-refractivity contribution in [2.45, 2.75) is 37.8 Å². The van der Waals surface area contributed by atoms with Gasteiger partial charge in [-0.3, -0.25) is 10.1 Å². The molecule has 2 aliphatic rings. The van der Waals surface area contributed by atoms with Crippen LogP contribution >= 0.6 is 0 Å². The molecule has 0 unspecified atom stereocenters. The van der Waals surface area contributed by atoms with Gasteiger partial charge in [0.15, 0.2) is 5.75 Å². The van der Waals surface area contributed by atoms with Crippen LogP contribution in [0, 0.1) is 10.1 Å². The third-order valence-corrected chi connectivity index (χ3v) is 4.52. The second-order valence-electron chi connectivity index (χ2n) is 6.41. The molecule has 0 amide bonds. The van der Waals surface area contributed by atoms with Crippen molar-refractivity contribution in [3.63, 3.8) is 0 Å². The molecule has 120 valence electrons. The van der Waals surface area contributed by atoms with Crippen molar-refractivity contribution in [1.82, 2.24) is 4.90 Å². The quantitative estimate of drug-likeness (QED) is 0.618. The van der Waals surface area contributed by atoms with Crippen molar-refractivity contribution in [2.75, 3.05) is 32.1 Å². The van der Waals surface area contributed by atoms with E-state index in [9.17, 15) is 10.1 Å². The van der Waals surface area contributed by atoms with Gasteiger partial charge in [-0.1, -0.05) is 0 Å². The van der Waals surface area contributed by atoms with Crippen LogP contribution in [0.5, 0.6) is 5.75 Å². The van der Waals surface area contributed by atoms with Gasteiger partial charge in [-0.2, -0.15) is 0 Å². The number of piperidine rings is 1. The van der Waals surface area contributed by atoms with Crippen LogP contribution in [-0.2, 0) is 0 Å². The first-order valence-electron chi connectivity index (χ1n) is 7.91. The van der Waals surface area contributed by atoms with Gasteiger partial charge < -0.3 is 14.5 Å². The van der Waals surface area contributed by atoms with Crippen molar-refractivity contribution in [3.8, 4) is 5.75 Å². The Morgan fingerprint density at radius 1 is 1.23 bits per heavy atom. The molecule has 0 spiro atoms. The Bertz CT molecular complexity index is 550. The fraction of sp³-hybridized carbons (Fsp3) is 0.625. The van der Waals surface area contributed by atoms with Crippen LogP contribution in [0.25, 0.3) is 0 Å². The molecule has 0 radical (unpaired) electrons. The summed E-state index contributed by atoms with van der Waals surface area (Å²) in [5, 5.41) is 11.3. The molecule has 0 bridgehead atoms. The number of hydrogen-bond acceptors (Lipinski definition) is 5. The van der Waals surface area contributed by atoms with E-state index >= 15 is 0 Å². The molecule has 2 fully saturated rings.